The van der Waals surface area contributed by atoms with Gasteiger partial charge >= 0.3 is 0 Å². The lowest BCUT2D eigenvalue weighted by molar-refractivity contribution is 0.122. The molecule has 2 heterocycles. The van der Waals surface area contributed by atoms with Gasteiger partial charge in [0.05, 0.1) is 6.33 Å². The Labute approximate surface area is 150 Å². The van der Waals surface area contributed by atoms with Gasteiger partial charge in [0.2, 0.25) is 0 Å². The number of oxime groups is 1. The lowest BCUT2D eigenvalue weighted by Crippen LogP contribution is -2.37. The fourth-order valence-corrected chi connectivity index (χ4v) is 3.11. The monoisotopic (exact) mass is 351 g/mol. The molecule has 6 heteroatoms. The fourth-order valence-electron chi connectivity index (χ4n) is 3.11. The van der Waals surface area contributed by atoms with Gasteiger partial charge in [-0.05, 0) is 36.8 Å². The zero-order chi connectivity index (χ0) is 17.9. The first-order valence-corrected chi connectivity index (χ1v) is 8.40. The molecule has 2 aromatic carbocycles. The number of hydrogen-bond donors (Lipinski definition) is 0. The Kier molecular flexibility index (Phi) is 4.39. The number of halogens is 1. The molecule has 4 rings (SSSR count). The van der Waals surface area contributed by atoms with Crippen molar-refractivity contribution in [2.45, 2.75) is 25.7 Å². The molecule has 0 aliphatic carbocycles. The van der Waals surface area contributed by atoms with Crippen LogP contribution in [0.25, 0.3) is 0 Å². The van der Waals surface area contributed by atoms with Crippen LogP contribution in [-0.2, 0) is 11.4 Å². The second-order valence-corrected chi connectivity index (χ2v) is 6.15. The van der Waals surface area contributed by atoms with Crippen LogP contribution in [0.4, 0.5) is 4.39 Å². The molecule has 0 N–H and O–H groups in total. The molecule has 0 saturated heterocycles. The Morgan fingerprint density at radius 2 is 2.00 bits per heavy atom. The molecule has 1 aromatic heterocycles. The van der Waals surface area contributed by atoms with Gasteiger partial charge in [0.1, 0.15) is 36.0 Å². The van der Waals surface area contributed by atoms with Crippen molar-refractivity contribution in [3.8, 4) is 5.75 Å². The number of ether oxygens (including phenoxy) is 1. The van der Waals surface area contributed by atoms with E-state index in [0.29, 0.717) is 0 Å². The molecule has 3 aromatic rings. The molecule has 26 heavy (non-hydrogen) atoms. The zero-order valence-electron chi connectivity index (χ0n) is 14.2. The van der Waals surface area contributed by atoms with E-state index >= 15 is 0 Å². The molecule has 0 fully saturated rings. The van der Waals surface area contributed by atoms with Crippen molar-refractivity contribution in [3.63, 3.8) is 0 Å². The van der Waals surface area contributed by atoms with E-state index in [-0.39, 0.29) is 24.6 Å². The van der Waals surface area contributed by atoms with Gasteiger partial charge in [-0.1, -0.05) is 29.4 Å². The maximum atomic E-state index is 13.0. The molecule has 0 bridgehead atoms. The molecule has 0 spiro atoms. The SMILES string of the molecule is C[C@@H]1Oc2ccccc2/C(=N/OCc2ccc(F)cc2)[C@H]1n1ccnc1. The normalized spacial score (nSPS) is 20.5. The molecule has 0 amide bonds. The van der Waals surface area contributed by atoms with Gasteiger partial charge < -0.3 is 14.1 Å². The first-order valence-electron chi connectivity index (χ1n) is 8.40. The van der Waals surface area contributed by atoms with E-state index in [0.717, 1.165) is 22.6 Å². The molecular weight excluding hydrogens is 333 g/mol. The molecule has 1 aliphatic heterocycles. The predicted octanol–water partition coefficient (Wildman–Crippen LogP) is 3.97. The maximum Gasteiger partial charge on any atom is 0.142 e. The Morgan fingerprint density at radius 3 is 2.77 bits per heavy atom. The van der Waals surface area contributed by atoms with Gasteiger partial charge in [-0.3, -0.25) is 0 Å². The number of fused-ring (bicyclic) bond motifs is 1. The van der Waals surface area contributed by atoms with Crippen LogP contribution in [-0.4, -0.2) is 21.4 Å². The summed E-state index contributed by atoms with van der Waals surface area (Å²) in [6, 6.07) is 13.8. The Balaban J connectivity index is 1.65. The first kappa shape index (κ1) is 16.3. The Morgan fingerprint density at radius 1 is 1.19 bits per heavy atom. The number of hydrogen-bond acceptors (Lipinski definition) is 4. The first-order chi connectivity index (χ1) is 12.7. The summed E-state index contributed by atoms with van der Waals surface area (Å²) in [5.41, 5.74) is 2.52. The van der Waals surface area contributed by atoms with E-state index < -0.39 is 0 Å². The molecular formula is C20H18FN3O2. The predicted molar refractivity (Wildman–Crippen MR) is 95.5 cm³/mol. The summed E-state index contributed by atoms with van der Waals surface area (Å²) in [7, 11) is 0. The summed E-state index contributed by atoms with van der Waals surface area (Å²) in [6.45, 7) is 2.26. The fraction of sp³-hybridized carbons (Fsp3) is 0.200. The van der Waals surface area contributed by atoms with Crippen molar-refractivity contribution in [2.24, 2.45) is 5.16 Å². The smallest absolute Gasteiger partial charge is 0.142 e. The highest BCUT2D eigenvalue weighted by molar-refractivity contribution is 6.06. The van der Waals surface area contributed by atoms with Crippen LogP contribution in [0, 0.1) is 5.82 Å². The second-order valence-electron chi connectivity index (χ2n) is 6.15. The van der Waals surface area contributed by atoms with E-state index in [4.69, 9.17) is 9.57 Å². The van der Waals surface area contributed by atoms with Crippen molar-refractivity contribution in [3.05, 3.63) is 84.2 Å². The minimum absolute atomic E-state index is 0.132. The molecule has 0 radical (unpaired) electrons. The molecule has 0 unspecified atom stereocenters. The lowest BCUT2D eigenvalue weighted by Gasteiger charge is -2.33. The number of benzene rings is 2. The third kappa shape index (κ3) is 3.18. The highest BCUT2D eigenvalue weighted by Crippen LogP contribution is 2.34. The number of aromatic nitrogens is 2. The minimum atomic E-state index is -0.271. The lowest BCUT2D eigenvalue weighted by atomic mass is 9.95. The molecule has 1 aliphatic rings. The number of rotatable bonds is 4. The van der Waals surface area contributed by atoms with Crippen LogP contribution >= 0.6 is 0 Å². The van der Waals surface area contributed by atoms with E-state index in [2.05, 4.69) is 10.1 Å². The van der Waals surface area contributed by atoms with Gasteiger partial charge in [-0.15, -0.1) is 0 Å². The minimum Gasteiger partial charge on any atom is -0.487 e. The summed E-state index contributed by atoms with van der Waals surface area (Å²) in [5, 5.41) is 4.42. The van der Waals surface area contributed by atoms with Crippen molar-refractivity contribution >= 4 is 5.71 Å². The van der Waals surface area contributed by atoms with Gasteiger partial charge in [0.25, 0.3) is 0 Å². The number of para-hydroxylation sites is 1. The zero-order valence-corrected chi connectivity index (χ0v) is 14.2. The van der Waals surface area contributed by atoms with Crippen LogP contribution in [0.15, 0.2) is 72.4 Å². The average molecular weight is 351 g/mol. The summed E-state index contributed by atoms with van der Waals surface area (Å²) in [5.74, 6) is 0.507. The Bertz CT molecular complexity index is 907. The molecule has 0 saturated carbocycles. The van der Waals surface area contributed by atoms with E-state index in [1.807, 2.05) is 42.0 Å². The summed E-state index contributed by atoms with van der Waals surface area (Å²) < 4.78 is 21.0. The second kappa shape index (κ2) is 7.00. The molecule has 132 valence electrons. The van der Waals surface area contributed by atoms with Gasteiger partial charge in [-0.2, -0.15) is 0 Å². The van der Waals surface area contributed by atoms with Crippen molar-refractivity contribution in [1.82, 2.24) is 9.55 Å². The standard InChI is InChI=1S/C20H18FN3O2/c1-14-20(24-11-10-22-13-24)19(17-4-2-3-5-18(17)26-14)23-25-12-15-6-8-16(21)9-7-15/h2-11,13-14,20H,12H2,1H3/b23-19-/t14-,20-/m0/s1. The average Bonchev–Trinajstić information content (AvgIpc) is 3.17. The van der Waals surface area contributed by atoms with E-state index in [1.54, 1.807) is 24.7 Å². The largest absolute Gasteiger partial charge is 0.487 e. The maximum absolute atomic E-state index is 13.0. The molecule has 2 atom stereocenters. The number of nitrogens with zero attached hydrogens (tertiary/aromatic N) is 3. The molecule has 5 nitrogen and oxygen atoms in total. The number of imidazole rings is 1. The van der Waals surface area contributed by atoms with Crippen LogP contribution in [0.2, 0.25) is 0 Å². The summed E-state index contributed by atoms with van der Waals surface area (Å²) in [6.07, 6.45) is 5.22. The van der Waals surface area contributed by atoms with Gasteiger partial charge in [0.15, 0.2) is 0 Å². The van der Waals surface area contributed by atoms with Crippen LogP contribution in [0.1, 0.15) is 24.1 Å². The van der Waals surface area contributed by atoms with Crippen LogP contribution in [0.5, 0.6) is 5.75 Å². The summed E-state index contributed by atoms with van der Waals surface area (Å²) >= 11 is 0. The van der Waals surface area contributed by atoms with Crippen molar-refractivity contribution in [2.75, 3.05) is 0 Å². The third-order valence-electron chi connectivity index (χ3n) is 4.35. The van der Waals surface area contributed by atoms with Crippen molar-refractivity contribution in [1.29, 1.82) is 0 Å². The van der Waals surface area contributed by atoms with Crippen LogP contribution in [0.3, 0.4) is 0 Å². The third-order valence-corrected chi connectivity index (χ3v) is 4.35. The quantitative estimate of drug-likeness (QED) is 0.669. The van der Waals surface area contributed by atoms with Crippen molar-refractivity contribution < 1.29 is 14.0 Å². The van der Waals surface area contributed by atoms with E-state index in [9.17, 15) is 4.39 Å². The summed E-state index contributed by atoms with van der Waals surface area (Å²) in [4.78, 5) is 9.74. The highest BCUT2D eigenvalue weighted by atomic mass is 19.1. The van der Waals surface area contributed by atoms with Gasteiger partial charge in [0, 0.05) is 18.0 Å². The van der Waals surface area contributed by atoms with Gasteiger partial charge in [-0.25, -0.2) is 9.37 Å². The highest BCUT2D eigenvalue weighted by Gasteiger charge is 2.34. The topological polar surface area (TPSA) is 48.6 Å². The Hall–Kier alpha value is -3.15. The van der Waals surface area contributed by atoms with Crippen LogP contribution < -0.4 is 4.74 Å². The van der Waals surface area contributed by atoms with E-state index in [1.165, 1.54) is 12.1 Å².